The van der Waals surface area contributed by atoms with E-state index in [-0.39, 0.29) is 17.9 Å². The zero-order chi connectivity index (χ0) is 13.6. The van der Waals surface area contributed by atoms with Crippen LogP contribution in [0.1, 0.15) is 58.8 Å². The summed E-state index contributed by atoms with van der Waals surface area (Å²) < 4.78 is 0. The number of carbonyl (C=O) groups is 1. The molecule has 3 aliphatic carbocycles. The highest BCUT2D eigenvalue weighted by molar-refractivity contribution is 5.80. The Morgan fingerprint density at radius 2 is 1.74 bits per heavy atom. The Labute approximate surface area is 116 Å². The molecule has 0 heterocycles. The minimum atomic E-state index is 0.105. The Hall–Kier alpha value is -0.570. The first kappa shape index (κ1) is 13.4. The number of nitrogens with one attached hydrogen (secondary N) is 1. The minimum Gasteiger partial charge on any atom is -0.353 e. The summed E-state index contributed by atoms with van der Waals surface area (Å²) in [6.45, 7) is 4.66. The van der Waals surface area contributed by atoms with Crippen molar-refractivity contribution in [2.75, 3.05) is 0 Å². The summed E-state index contributed by atoms with van der Waals surface area (Å²) in [6.07, 6.45) is 8.36. The van der Waals surface area contributed by atoms with Gasteiger partial charge in [-0.3, -0.25) is 4.79 Å². The Balaban J connectivity index is 1.55. The van der Waals surface area contributed by atoms with Crippen LogP contribution in [0.25, 0.3) is 0 Å². The van der Waals surface area contributed by atoms with E-state index in [0.29, 0.717) is 23.3 Å². The summed E-state index contributed by atoms with van der Waals surface area (Å²) in [5, 5.41) is 3.29. The van der Waals surface area contributed by atoms with Crippen LogP contribution < -0.4 is 11.1 Å². The molecular formula is C16H28N2O. The number of fused-ring (bicyclic) bond motifs is 2. The number of nitrogens with two attached hydrogens (primary N) is 1. The fourth-order valence-electron chi connectivity index (χ4n) is 4.57. The van der Waals surface area contributed by atoms with E-state index >= 15 is 0 Å². The van der Waals surface area contributed by atoms with Gasteiger partial charge in [0.2, 0.25) is 5.91 Å². The smallest absolute Gasteiger partial charge is 0.225 e. The molecule has 4 unspecified atom stereocenters. The van der Waals surface area contributed by atoms with Gasteiger partial charge in [0.25, 0.3) is 0 Å². The van der Waals surface area contributed by atoms with Crippen LogP contribution in [0.4, 0.5) is 0 Å². The van der Waals surface area contributed by atoms with Crippen molar-refractivity contribution in [3.8, 4) is 0 Å². The molecule has 3 heteroatoms. The maximum atomic E-state index is 12.5. The molecule has 1 amide bonds. The molecule has 4 atom stereocenters. The van der Waals surface area contributed by atoms with Crippen LogP contribution in [-0.2, 0) is 4.79 Å². The van der Waals surface area contributed by atoms with Crippen LogP contribution in [0.5, 0.6) is 0 Å². The molecule has 0 aromatic heterocycles. The Bertz CT molecular complexity index is 354. The first-order valence-electron chi connectivity index (χ1n) is 8.02. The van der Waals surface area contributed by atoms with Crippen LogP contribution in [0.2, 0.25) is 0 Å². The molecule has 3 saturated carbocycles. The minimum absolute atomic E-state index is 0.105. The van der Waals surface area contributed by atoms with Crippen LogP contribution in [-0.4, -0.2) is 18.0 Å². The van der Waals surface area contributed by atoms with E-state index in [2.05, 4.69) is 19.2 Å². The van der Waals surface area contributed by atoms with E-state index in [4.69, 9.17) is 5.73 Å². The molecule has 0 saturated heterocycles. The van der Waals surface area contributed by atoms with E-state index in [1.807, 2.05) is 0 Å². The van der Waals surface area contributed by atoms with Crippen molar-refractivity contribution in [1.82, 2.24) is 5.32 Å². The lowest BCUT2D eigenvalue weighted by atomic mass is 9.75. The van der Waals surface area contributed by atoms with Crippen molar-refractivity contribution < 1.29 is 4.79 Å². The summed E-state index contributed by atoms with van der Waals surface area (Å²) in [5.74, 6) is 1.55. The molecule has 3 nitrogen and oxygen atoms in total. The lowest BCUT2D eigenvalue weighted by molar-refractivity contribution is -0.128. The molecule has 0 spiro atoms. The zero-order valence-corrected chi connectivity index (χ0v) is 12.3. The molecule has 3 aliphatic rings. The standard InChI is InChI=1S/C16H28N2O/c1-16(2)7-5-12(6-8-16)18-15(19)13-10-3-4-11(9-10)14(13)17/h10-14H,3-9,17H2,1-2H3,(H,18,19). The molecule has 3 N–H and O–H groups in total. The Kier molecular flexibility index (Phi) is 3.36. The van der Waals surface area contributed by atoms with Crippen LogP contribution in [0.3, 0.4) is 0 Å². The van der Waals surface area contributed by atoms with E-state index in [1.54, 1.807) is 0 Å². The molecular weight excluding hydrogens is 236 g/mol. The highest BCUT2D eigenvalue weighted by Crippen LogP contribution is 2.47. The second kappa shape index (κ2) is 4.76. The van der Waals surface area contributed by atoms with Gasteiger partial charge >= 0.3 is 0 Å². The van der Waals surface area contributed by atoms with Crippen molar-refractivity contribution in [2.24, 2.45) is 28.9 Å². The summed E-state index contributed by atoms with van der Waals surface area (Å²) >= 11 is 0. The van der Waals surface area contributed by atoms with Gasteiger partial charge < -0.3 is 11.1 Å². The molecule has 3 fully saturated rings. The summed E-state index contributed by atoms with van der Waals surface area (Å²) in [7, 11) is 0. The summed E-state index contributed by atoms with van der Waals surface area (Å²) in [6, 6.07) is 0.519. The maximum absolute atomic E-state index is 12.5. The highest BCUT2D eigenvalue weighted by Gasteiger charge is 2.49. The fourth-order valence-corrected chi connectivity index (χ4v) is 4.57. The van der Waals surface area contributed by atoms with Gasteiger partial charge in [-0.2, -0.15) is 0 Å². The van der Waals surface area contributed by atoms with Crippen molar-refractivity contribution in [3.05, 3.63) is 0 Å². The number of hydrogen-bond donors (Lipinski definition) is 2. The van der Waals surface area contributed by atoms with Crippen LogP contribution >= 0.6 is 0 Å². The third-order valence-electron chi connectivity index (χ3n) is 5.97. The van der Waals surface area contributed by atoms with Gasteiger partial charge in [-0.25, -0.2) is 0 Å². The first-order chi connectivity index (χ1) is 8.96. The number of hydrogen-bond acceptors (Lipinski definition) is 2. The van der Waals surface area contributed by atoms with Gasteiger partial charge in [-0.15, -0.1) is 0 Å². The van der Waals surface area contributed by atoms with Gasteiger partial charge in [-0.05, 0) is 62.2 Å². The molecule has 3 rings (SSSR count). The van der Waals surface area contributed by atoms with Gasteiger partial charge in [0.15, 0.2) is 0 Å². The second-order valence-corrected chi connectivity index (χ2v) is 7.88. The average molecular weight is 264 g/mol. The van der Waals surface area contributed by atoms with Gasteiger partial charge in [0.05, 0.1) is 5.92 Å². The van der Waals surface area contributed by atoms with Crippen molar-refractivity contribution in [1.29, 1.82) is 0 Å². The normalized spacial score (nSPS) is 41.4. The number of amides is 1. The molecule has 2 bridgehead atoms. The van der Waals surface area contributed by atoms with Gasteiger partial charge in [0, 0.05) is 12.1 Å². The van der Waals surface area contributed by atoms with Crippen LogP contribution in [0.15, 0.2) is 0 Å². The third-order valence-corrected chi connectivity index (χ3v) is 5.97. The fraction of sp³-hybridized carbons (Fsp3) is 0.938. The Morgan fingerprint density at radius 3 is 2.32 bits per heavy atom. The topological polar surface area (TPSA) is 55.1 Å². The van der Waals surface area contributed by atoms with Crippen molar-refractivity contribution in [3.63, 3.8) is 0 Å². The lowest BCUT2D eigenvalue weighted by Gasteiger charge is -2.36. The molecule has 0 aromatic carbocycles. The quantitative estimate of drug-likeness (QED) is 0.805. The van der Waals surface area contributed by atoms with Gasteiger partial charge in [-0.1, -0.05) is 13.8 Å². The highest BCUT2D eigenvalue weighted by atomic mass is 16.2. The van der Waals surface area contributed by atoms with E-state index in [1.165, 1.54) is 32.1 Å². The van der Waals surface area contributed by atoms with E-state index in [9.17, 15) is 4.79 Å². The zero-order valence-electron chi connectivity index (χ0n) is 12.3. The molecule has 0 aromatic rings. The van der Waals surface area contributed by atoms with E-state index < -0.39 is 0 Å². The predicted molar refractivity (Wildman–Crippen MR) is 76.5 cm³/mol. The lowest BCUT2D eigenvalue weighted by Crippen LogP contribution is -2.49. The number of rotatable bonds is 2. The van der Waals surface area contributed by atoms with Gasteiger partial charge in [0.1, 0.15) is 0 Å². The molecule has 19 heavy (non-hydrogen) atoms. The summed E-state index contributed by atoms with van der Waals surface area (Å²) in [4.78, 5) is 12.5. The predicted octanol–water partition coefficient (Wildman–Crippen LogP) is 2.44. The second-order valence-electron chi connectivity index (χ2n) is 7.88. The number of carbonyl (C=O) groups excluding carboxylic acids is 1. The molecule has 0 radical (unpaired) electrons. The molecule has 0 aliphatic heterocycles. The van der Waals surface area contributed by atoms with Crippen molar-refractivity contribution in [2.45, 2.75) is 70.9 Å². The third kappa shape index (κ3) is 2.54. The molecule has 108 valence electrons. The largest absolute Gasteiger partial charge is 0.353 e. The summed E-state index contributed by atoms with van der Waals surface area (Å²) in [5.41, 5.74) is 6.71. The van der Waals surface area contributed by atoms with E-state index in [0.717, 1.165) is 12.8 Å². The monoisotopic (exact) mass is 264 g/mol. The van der Waals surface area contributed by atoms with Crippen LogP contribution in [0, 0.1) is 23.2 Å². The first-order valence-corrected chi connectivity index (χ1v) is 8.02. The van der Waals surface area contributed by atoms with Crippen molar-refractivity contribution >= 4 is 5.91 Å². The Morgan fingerprint density at radius 1 is 1.11 bits per heavy atom. The maximum Gasteiger partial charge on any atom is 0.225 e. The SMILES string of the molecule is CC1(C)CCC(NC(=O)C2C3CCC(C3)C2N)CC1. The average Bonchev–Trinajstić information content (AvgIpc) is 2.92.